The lowest BCUT2D eigenvalue weighted by molar-refractivity contribution is 0.397. The molecule has 106 valence electrons. The first-order chi connectivity index (χ1) is 10.2. The van der Waals surface area contributed by atoms with Gasteiger partial charge in [0.05, 0.1) is 23.7 Å². The van der Waals surface area contributed by atoms with Crippen molar-refractivity contribution in [1.82, 2.24) is 15.2 Å². The van der Waals surface area contributed by atoms with Gasteiger partial charge in [0, 0.05) is 17.6 Å². The van der Waals surface area contributed by atoms with E-state index >= 15 is 0 Å². The van der Waals surface area contributed by atoms with Gasteiger partial charge in [-0.3, -0.25) is 5.10 Å². The van der Waals surface area contributed by atoms with Gasteiger partial charge in [0.25, 0.3) is 0 Å². The fourth-order valence-electron chi connectivity index (χ4n) is 2.53. The number of nitrogens with zero attached hydrogens (tertiary/aromatic N) is 2. The number of hydrogen-bond donors (Lipinski definition) is 1. The van der Waals surface area contributed by atoms with Crippen molar-refractivity contribution in [1.29, 1.82) is 0 Å². The van der Waals surface area contributed by atoms with Crippen molar-refractivity contribution in [2.45, 2.75) is 12.3 Å². The molecule has 0 fully saturated rings. The smallest absolute Gasteiger partial charge is 0.212 e. The molecule has 2 heterocycles. The van der Waals surface area contributed by atoms with Crippen LogP contribution in [0.4, 0.5) is 0 Å². The predicted molar refractivity (Wildman–Crippen MR) is 83.5 cm³/mol. The van der Waals surface area contributed by atoms with Gasteiger partial charge >= 0.3 is 0 Å². The predicted octanol–water partition coefficient (Wildman–Crippen LogP) is 3.46. The van der Waals surface area contributed by atoms with Crippen LogP contribution in [0, 0.1) is 0 Å². The zero-order valence-electron chi connectivity index (χ0n) is 12.1. The molecule has 1 aromatic carbocycles. The van der Waals surface area contributed by atoms with Gasteiger partial charge in [-0.2, -0.15) is 5.10 Å². The molecule has 21 heavy (non-hydrogen) atoms. The number of hydrogen-bond acceptors (Lipinski definition) is 3. The molecule has 0 saturated carbocycles. The van der Waals surface area contributed by atoms with Crippen molar-refractivity contribution < 1.29 is 4.74 Å². The van der Waals surface area contributed by atoms with Crippen LogP contribution < -0.4 is 4.74 Å². The fraction of sp³-hybridized carbons (Fsp3) is 0.176. The van der Waals surface area contributed by atoms with Crippen LogP contribution in [-0.2, 0) is 5.41 Å². The number of rotatable bonds is 4. The third-order valence-corrected chi connectivity index (χ3v) is 3.93. The first kappa shape index (κ1) is 13.4. The summed E-state index contributed by atoms with van der Waals surface area (Å²) in [4.78, 5) is 4.30. The molecule has 4 nitrogen and oxygen atoms in total. The Morgan fingerprint density at radius 1 is 1.24 bits per heavy atom. The van der Waals surface area contributed by atoms with Crippen LogP contribution in [0.25, 0.3) is 10.9 Å². The summed E-state index contributed by atoms with van der Waals surface area (Å²) in [5.74, 6) is 0.597. The zero-order chi connectivity index (χ0) is 14.9. The van der Waals surface area contributed by atoms with E-state index in [-0.39, 0.29) is 0 Å². The average Bonchev–Trinajstić information content (AvgIpc) is 2.99. The number of ether oxygens (including phenoxy) is 1. The highest BCUT2D eigenvalue weighted by atomic mass is 16.5. The number of aromatic nitrogens is 3. The number of methoxy groups -OCH3 is 1. The van der Waals surface area contributed by atoms with Gasteiger partial charge in [-0.05, 0) is 18.6 Å². The van der Waals surface area contributed by atoms with E-state index in [1.54, 1.807) is 7.11 Å². The van der Waals surface area contributed by atoms with Crippen molar-refractivity contribution in [3.05, 3.63) is 66.5 Å². The maximum atomic E-state index is 5.12. The molecule has 2 aromatic heterocycles. The number of para-hydroxylation sites is 1. The second-order valence-electron chi connectivity index (χ2n) is 5.11. The summed E-state index contributed by atoms with van der Waals surface area (Å²) < 4.78 is 5.12. The van der Waals surface area contributed by atoms with Crippen molar-refractivity contribution in [3.8, 4) is 5.88 Å². The van der Waals surface area contributed by atoms with Crippen LogP contribution in [0.2, 0.25) is 0 Å². The minimum absolute atomic E-state index is 0.393. The van der Waals surface area contributed by atoms with Crippen molar-refractivity contribution in [3.63, 3.8) is 0 Å². The molecule has 0 saturated heterocycles. The Hall–Kier alpha value is -2.62. The molecule has 3 rings (SSSR count). The first-order valence-corrected chi connectivity index (χ1v) is 6.77. The molecule has 0 bridgehead atoms. The monoisotopic (exact) mass is 279 g/mol. The highest BCUT2D eigenvalue weighted by molar-refractivity contribution is 5.83. The lowest BCUT2D eigenvalue weighted by atomic mass is 9.79. The standard InChI is InChI=1S/C17H17N3O/c1-4-17(2,12-9-10-15(21-3)18-11-12)16-13-7-5-6-8-14(13)19-20-16/h4-11H,1H2,2-3H3,(H,19,20)/t17-/m1/s1. The van der Waals surface area contributed by atoms with Gasteiger partial charge in [0.1, 0.15) is 0 Å². The normalized spacial score (nSPS) is 13.8. The average molecular weight is 279 g/mol. The van der Waals surface area contributed by atoms with Gasteiger partial charge in [-0.15, -0.1) is 6.58 Å². The Morgan fingerprint density at radius 3 is 2.71 bits per heavy atom. The topological polar surface area (TPSA) is 50.8 Å². The Labute approximate surface area is 123 Å². The molecule has 0 aliphatic rings. The molecule has 0 amide bonds. The largest absolute Gasteiger partial charge is 0.481 e. The molecular formula is C17H17N3O. The Bertz CT molecular complexity index is 776. The van der Waals surface area contributed by atoms with Crippen LogP contribution in [0.3, 0.4) is 0 Å². The first-order valence-electron chi connectivity index (χ1n) is 6.77. The van der Waals surface area contributed by atoms with E-state index in [0.29, 0.717) is 5.88 Å². The van der Waals surface area contributed by atoms with Crippen LogP contribution >= 0.6 is 0 Å². The van der Waals surface area contributed by atoms with Crippen molar-refractivity contribution >= 4 is 10.9 Å². The van der Waals surface area contributed by atoms with Gasteiger partial charge in [-0.25, -0.2) is 4.98 Å². The third kappa shape index (κ3) is 2.09. The van der Waals surface area contributed by atoms with E-state index in [9.17, 15) is 0 Å². The number of benzene rings is 1. The van der Waals surface area contributed by atoms with E-state index < -0.39 is 5.41 Å². The third-order valence-electron chi connectivity index (χ3n) is 3.93. The van der Waals surface area contributed by atoms with Crippen LogP contribution in [0.5, 0.6) is 5.88 Å². The van der Waals surface area contributed by atoms with E-state index in [2.05, 4.69) is 34.8 Å². The number of allylic oxidation sites excluding steroid dienone is 1. The van der Waals surface area contributed by atoms with Gasteiger partial charge in [0.15, 0.2) is 0 Å². The number of fused-ring (bicyclic) bond motifs is 1. The minimum Gasteiger partial charge on any atom is -0.481 e. The lowest BCUT2D eigenvalue weighted by Gasteiger charge is -2.25. The highest BCUT2D eigenvalue weighted by Crippen LogP contribution is 2.35. The molecule has 0 unspecified atom stereocenters. The second-order valence-corrected chi connectivity index (χ2v) is 5.11. The summed E-state index contributed by atoms with van der Waals surface area (Å²) in [7, 11) is 1.61. The lowest BCUT2D eigenvalue weighted by Crippen LogP contribution is -2.21. The second kappa shape index (κ2) is 5.05. The number of H-pyrrole nitrogens is 1. The number of aromatic amines is 1. The quantitative estimate of drug-likeness (QED) is 0.744. The zero-order valence-corrected chi connectivity index (χ0v) is 12.1. The molecule has 1 N–H and O–H groups in total. The van der Waals surface area contributed by atoms with E-state index in [1.165, 1.54) is 0 Å². The summed E-state index contributed by atoms with van der Waals surface area (Å²) >= 11 is 0. The van der Waals surface area contributed by atoms with Gasteiger partial charge in [-0.1, -0.05) is 30.3 Å². The number of pyridine rings is 1. The SMILES string of the molecule is C=C[C@](C)(c1ccc(OC)nc1)c1[nH]nc2ccccc12. The maximum absolute atomic E-state index is 5.12. The molecule has 4 heteroatoms. The molecule has 0 aliphatic heterocycles. The summed E-state index contributed by atoms with van der Waals surface area (Å²) in [5, 5.41) is 8.62. The molecule has 1 atom stereocenters. The highest BCUT2D eigenvalue weighted by Gasteiger charge is 2.29. The van der Waals surface area contributed by atoms with Crippen LogP contribution in [-0.4, -0.2) is 22.3 Å². The molecule has 0 aliphatic carbocycles. The van der Waals surface area contributed by atoms with Gasteiger partial charge < -0.3 is 4.74 Å². The fourth-order valence-corrected chi connectivity index (χ4v) is 2.53. The Balaban J connectivity index is 2.16. The summed E-state index contributed by atoms with van der Waals surface area (Å²) in [6.45, 7) is 6.11. The van der Waals surface area contributed by atoms with Crippen molar-refractivity contribution in [2.24, 2.45) is 0 Å². The summed E-state index contributed by atoms with van der Waals surface area (Å²) in [6, 6.07) is 11.9. The molecular weight excluding hydrogens is 262 g/mol. The van der Waals surface area contributed by atoms with Gasteiger partial charge in [0.2, 0.25) is 5.88 Å². The van der Waals surface area contributed by atoms with E-state index in [1.807, 2.05) is 42.6 Å². The molecule has 0 radical (unpaired) electrons. The minimum atomic E-state index is -0.393. The van der Waals surface area contributed by atoms with Crippen LogP contribution in [0.15, 0.2) is 55.3 Å². The molecule has 0 spiro atoms. The Kier molecular flexibility index (Phi) is 3.22. The van der Waals surface area contributed by atoms with Crippen LogP contribution in [0.1, 0.15) is 18.2 Å². The molecule has 3 aromatic rings. The van der Waals surface area contributed by atoms with Crippen molar-refractivity contribution in [2.75, 3.05) is 7.11 Å². The van der Waals surface area contributed by atoms with E-state index in [4.69, 9.17) is 4.74 Å². The summed E-state index contributed by atoms with van der Waals surface area (Å²) in [6.07, 6.45) is 3.73. The summed E-state index contributed by atoms with van der Waals surface area (Å²) in [5.41, 5.74) is 2.60. The maximum Gasteiger partial charge on any atom is 0.212 e. The van der Waals surface area contributed by atoms with E-state index in [0.717, 1.165) is 22.2 Å². The Morgan fingerprint density at radius 2 is 2.05 bits per heavy atom. The number of nitrogens with one attached hydrogen (secondary N) is 1.